The fraction of sp³-hybridized carbons (Fsp3) is 0.300. The third-order valence-corrected chi connectivity index (χ3v) is 1.38. The van der Waals surface area contributed by atoms with Crippen molar-refractivity contribution < 1.29 is 9.47 Å². The fourth-order valence-corrected chi connectivity index (χ4v) is 0.907. The number of benzene rings is 1. The Balaban J connectivity index is 2.72. The maximum atomic E-state index is 5.37. The van der Waals surface area contributed by atoms with Crippen molar-refractivity contribution in [2.75, 3.05) is 7.11 Å². The van der Waals surface area contributed by atoms with Crippen molar-refractivity contribution in [2.45, 2.75) is 13.0 Å². The average molecular weight is 165 g/mol. The first-order valence-electron chi connectivity index (χ1n) is 3.86. The van der Waals surface area contributed by atoms with Gasteiger partial charge >= 0.3 is 0 Å². The summed E-state index contributed by atoms with van der Waals surface area (Å²) in [6.45, 7) is 5.61. The zero-order chi connectivity index (χ0) is 8.97. The van der Waals surface area contributed by atoms with Gasteiger partial charge in [0.15, 0.2) is 0 Å². The van der Waals surface area contributed by atoms with Crippen LogP contribution in [0.1, 0.15) is 6.92 Å². The molecular formula is C10H13O2. The quantitative estimate of drug-likeness (QED) is 0.684. The molecule has 0 saturated heterocycles. The van der Waals surface area contributed by atoms with Gasteiger partial charge < -0.3 is 9.47 Å². The van der Waals surface area contributed by atoms with Crippen molar-refractivity contribution >= 4 is 0 Å². The average Bonchev–Trinajstić information content (AvgIpc) is 2.03. The number of hydrogen-bond acceptors (Lipinski definition) is 2. The highest BCUT2D eigenvalue weighted by atomic mass is 16.5. The summed E-state index contributed by atoms with van der Waals surface area (Å²) in [4.78, 5) is 0. The maximum absolute atomic E-state index is 5.37. The normalized spacial score (nSPS) is 10.0. The van der Waals surface area contributed by atoms with Crippen LogP contribution >= 0.6 is 0 Å². The number of hydrogen-bond donors (Lipinski definition) is 0. The second kappa shape index (κ2) is 4.00. The molecule has 0 aliphatic heterocycles. The van der Waals surface area contributed by atoms with Gasteiger partial charge in [-0.2, -0.15) is 0 Å². The lowest BCUT2D eigenvalue weighted by Crippen LogP contribution is -2.05. The lowest BCUT2D eigenvalue weighted by Gasteiger charge is -2.09. The Bertz CT molecular complexity index is 243. The number of ether oxygens (including phenoxy) is 2. The van der Waals surface area contributed by atoms with Crippen LogP contribution in [0.3, 0.4) is 0 Å². The molecule has 2 heteroatoms. The standard InChI is InChI=1S/C10H13O2/c1-8(2)12-10-6-4-5-9(7-10)11-3/h4-8H,1H2,2-3H3. The number of rotatable bonds is 3. The fourth-order valence-electron chi connectivity index (χ4n) is 0.907. The zero-order valence-corrected chi connectivity index (χ0v) is 7.41. The predicted molar refractivity (Wildman–Crippen MR) is 48.4 cm³/mol. The van der Waals surface area contributed by atoms with Gasteiger partial charge in [0, 0.05) is 6.07 Å². The molecule has 0 spiro atoms. The third-order valence-electron chi connectivity index (χ3n) is 1.38. The van der Waals surface area contributed by atoms with Crippen LogP contribution in [0.4, 0.5) is 0 Å². The largest absolute Gasteiger partial charge is 0.497 e. The van der Waals surface area contributed by atoms with E-state index in [1.165, 1.54) is 0 Å². The first-order chi connectivity index (χ1) is 5.72. The molecule has 0 aromatic heterocycles. The summed E-state index contributed by atoms with van der Waals surface area (Å²) in [5, 5.41) is 0. The molecular weight excluding hydrogens is 152 g/mol. The van der Waals surface area contributed by atoms with E-state index < -0.39 is 0 Å². The molecule has 0 fully saturated rings. The van der Waals surface area contributed by atoms with Gasteiger partial charge in [0.05, 0.1) is 13.2 Å². The Hall–Kier alpha value is -1.18. The Morgan fingerprint density at radius 3 is 2.58 bits per heavy atom. The molecule has 1 rings (SSSR count). The van der Waals surface area contributed by atoms with Gasteiger partial charge in [0.25, 0.3) is 0 Å². The van der Waals surface area contributed by atoms with Gasteiger partial charge in [0.2, 0.25) is 0 Å². The van der Waals surface area contributed by atoms with Crippen LogP contribution < -0.4 is 9.47 Å². The molecule has 0 aliphatic rings. The molecule has 1 atom stereocenters. The van der Waals surface area contributed by atoms with Crippen LogP contribution in [-0.4, -0.2) is 13.2 Å². The Morgan fingerprint density at radius 1 is 1.33 bits per heavy atom. The molecule has 1 aromatic rings. The van der Waals surface area contributed by atoms with Crippen LogP contribution in [0.25, 0.3) is 0 Å². The van der Waals surface area contributed by atoms with E-state index in [9.17, 15) is 0 Å². The van der Waals surface area contributed by atoms with Crippen LogP contribution in [-0.2, 0) is 0 Å². The van der Waals surface area contributed by atoms with Crippen LogP contribution in [0.2, 0.25) is 0 Å². The maximum Gasteiger partial charge on any atom is 0.123 e. The molecule has 0 aliphatic carbocycles. The Kier molecular flexibility index (Phi) is 2.97. The molecule has 2 nitrogen and oxygen atoms in total. The molecule has 12 heavy (non-hydrogen) atoms. The first-order valence-corrected chi connectivity index (χ1v) is 3.86. The van der Waals surface area contributed by atoms with Crippen molar-refractivity contribution in [1.82, 2.24) is 0 Å². The van der Waals surface area contributed by atoms with Crippen molar-refractivity contribution in [3.8, 4) is 11.5 Å². The summed E-state index contributed by atoms with van der Waals surface area (Å²) in [6.07, 6.45) is -0.0443. The van der Waals surface area contributed by atoms with E-state index in [0.717, 1.165) is 11.5 Å². The van der Waals surface area contributed by atoms with E-state index in [4.69, 9.17) is 9.47 Å². The highest BCUT2D eigenvalue weighted by Gasteiger charge is 1.98. The van der Waals surface area contributed by atoms with Gasteiger partial charge in [-0.3, -0.25) is 0 Å². The second-order valence-electron chi connectivity index (χ2n) is 2.61. The molecule has 0 heterocycles. The SMILES string of the molecule is [CH2]C(C)Oc1cccc(OC)c1. The van der Waals surface area contributed by atoms with Crippen LogP contribution in [0, 0.1) is 6.92 Å². The molecule has 0 saturated carbocycles. The lowest BCUT2D eigenvalue weighted by atomic mass is 10.3. The highest BCUT2D eigenvalue weighted by molar-refractivity contribution is 5.32. The third kappa shape index (κ3) is 2.46. The van der Waals surface area contributed by atoms with Crippen LogP contribution in [0.15, 0.2) is 24.3 Å². The van der Waals surface area contributed by atoms with Gasteiger partial charge in [0.1, 0.15) is 11.5 Å². The van der Waals surface area contributed by atoms with Crippen molar-refractivity contribution in [3.05, 3.63) is 31.2 Å². The number of methoxy groups -OCH3 is 1. The van der Waals surface area contributed by atoms with E-state index in [0.29, 0.717) is 0 Å². The van der Waals surface area contributed by atoms with Crippen molar-refractivity contribution in [1.29, 1.82) is 0 Å². The summed E-state index contributed by atoms with van der Waals surface area (Å²) >= 11 is 0. The van der Waals surface area contributed by atoms with Gasteiger partial charge in [-0.15, -0.1) is 0 Å². The van der Waals surface area contributed by atoms with Crippen LogP contribution in [0.5, 0.6) is 11.5 Å². The van der Waals surface area contributed by atoms with E-state index >= 15 is 0 Å². The minimum Gasteiger partial charge on any atom is -0.497 e. The van der Waals surface area contributed by atoms with Crippen molar-refractivity contribution in [2.24, 2.45) is 0 Å². The molecule has 1 aromatic carbocycles. The predicted octanol–water partition coefficient (Wildman–Crippen LogP) is 2.30. The topological polar surface area (TPSA) is 18.5 Å². The van der Waals surface area contributed by atoms with E-state index in [2.05, 4.69) is 6.92 Å². The van der Waals surface area contributed by atoms with E-state index in [1.807, 2.05) is 31.2 Å². The van der Waals surface area contributed by atoms with Gasteiger partial charge in [-0.25, -0.2) is 0 Å². The highest BCUT2D eigenvalue weighted by Crippen LogP contribution is 2.19. The second-order valence-corrected chi connectivity index (χ2v) is 2.61. The Labute approximate surface area is 73.1 Å². The van der Waals surface area contributed by atoms with E-state index in [1.54, 1.807) is 7.11 Å². The van der Waals surface area contributed by atoms with Crippen molar-refractivity contribution in [3.63, 3.8) is 0 Å². The summed E-state index contributed by atoms with van der Waals surface area (Å²) in [5.41, 5.74) is 0. The summed E-state index contributed by atoms with van der Waals surface area (Å²) < 4.78 is 10.4. The molecule has 1 radical (unpaired) electrons. The lowest BCUT2D eigenvalue weighted by molar-refractivity contribution is 0.266. The summed E-state index contributed by atoms with van der Waals surface area (Å²) in [5.74, 6) is 1.59. The molecule has 0 N–H and O–H groups in total. The minimum atomic E-state index is -0.0443. The smallest absolute Gasteiger partial charge is 0.123 e. The molecule has 65 valence electrons. The van der Waals surface area contributed by atoms with E-state index in [-0.39, 0.29) is 6.10 Å². The van der Waals surface area contributed by atoms with Gasteiger partial charge in [-0.1, -0.05) is 6.07 Å². The summed E-state index contributed by atoms with van der Waals surface area (Å²) in [6, 6.07) is 7.48. The molecule has 0 amide bonds. The Morgan fingerprint density at radius 2 is 2.00 bits per heavy atom. The molecule has 1 unspecified atom stereocenters. The minimum absolute atomic E-state index is 0.0443. The molecule has 0 bridgehead atoms. The summed E-state index contributed by atoms with van der Waals surface area (Å²) in [7, 11) is 1.63. The van der Waals surface area contributed by atoms with Gasteiger partial charge in [-0.05, 0) is 26.0 Å². The zero-order valence-electron chi connectivity index (χ0n) is 7.41. The monoisotopic (exact) mass is 165 g/mol. The first kappa shape index (κ1) is 8.91.